The number of hydroxylamine groups is 2. The van der Waals surface area contributed by atoms with E-state index in [1.807, 2.05) is 26.2 Å². The van der Waals surface area contributed by atoms with Gasteiger partial charge in [-0.1, -0.05) is 26.0 Å². The topological polar surface area (TPSA) is 12.5 Å². The van der Waals surface area contributed by atoms with Gasteiger partial charge in [-0.15, -0.1) is 0 Å². The molecule has 0 saturated heterocycles. The van der Waals surface area contributed by atoms with E-state index in [4.69, 9.17) is 4.84 Å². The van der Waals surface area contributed by atoms with E-state index in [1.54, 1.807) is 5.06 Å². The summed E-state index contributed by atoms with van der Waals surface area (Å²) >= 11 is 0. The molecular formula is C11H17NO. The zero-order valence-corrected chi connectivity index (χ0v) is 8.74. The summed E-state index contributed by atoms with van der Waals surface area (Å²) in [6.07, 6.45) is 0. The predicted molar refractivity (Wildman–Crippen MR) is 54.8 cm³/mol. The average Bonchev–Trinajstić information content (AvgIpc) is 2.03. The Kier molecular flexibility index (Phi) is 3.32. The second-order valence-corrected chi connectivity index (χ2v) is 3.63. The summed E-state index contributed by atoms with van der Waals surface area (Å²) in [6, 6.07) is 8.18. The number of hydrogen-bond donors (Lipinski definition) is 0. The third-order valence-corrected chi connectivity index (χ3v) is 1.81. The Bertz CT molecular complexity index is 269. The SMILES string of the molecule is CC(C)c1cccc(ON(C)C)c1. The van der Waals surface area contributed by atoms with Crippen LogP contribution in [0.3, 0.4) is 0 Å². The summed E-state index contributed by atoms with van der Waals surface area (Å²) in [4.78, 5) is 5.44. The van der Waals surface area contributed by atoms with Gasteiger partial charge in [-0.05, 0) is 23.6 Å². The van der Waals surface area contributed by atoms with Gasteiger partial charge in [-0.3, -0.25) is 0 Å². The molecule has 0 aromatic heterocycles. The molecule has 2 heteroatoms. The standard InChI is InChI=1S/C11H17NO/c1-9(2)10-6-5-7-11(8-10)13-12(3)4/h5-9H,1-4H3. The molecule has 0 radical (unpaired) electrons. The summed E-state index contributed by atoms with van der Waals surface area (Å²) < 4.78 is 0. The van der Waals surface area contributed by atoms with Crippen molar-refractivity contribution in [1.29, 1.82) is 0 Å². The van der Waals surface area contributed by atoms with Crippen LogP contribution in [-0.2, 0) is 0 Å². The molecule has 0 saturated carbocycles. The lowest BCUT2D eigenvalue weighted by molar-refractivity contribution is -0.00334. The first-order valence-electron chi connectivity index (χ1n) is 4.55. The van der Waals surface area contributed by atoms with Crippen molar-refractivity contribution in [2.24, 2.45) is 0 Å². The Hall–Kier alpha value is -1.02. The quantitative estimate of drug-likeness (QED) is 0.661. The Morgan fingerprint density at radius 3 is 2.46 bits per heavy atom. The number of hydrogen-bond acceptors (Lipinski definition) is 2. The highest BCUT2D eigenvalue weighted by molar-refractivity contribution is 5.29. The Balaban J connectivity index is 2.79. The van der Waals surface area contributed by atoms with Crippen molar-refractivity contribution in [3.63, 3.8) is 0 Å². The molecule has 0 fully saturated rings. The van der Waals surface area contributed by atoms with Crippen LogP contribution in [-0.4, -0.2) is 19.2 Å². The Morgan fingerprint density at radius 1 is 1.23 bits per heavy atom. The van der Waals surface area contributed by atoms with Gasteiger partial charge in [0, 0.05) is 14.1 Å². The third-order valence-electron chi connectivity index (χ3n) is 1.81. The fourth-order valence-corrected chi connectivity index (χ4v) is 1.14. The van der Waals surface area contributed by atoms with E-state index in [1.165, 1.54) is 5.56 Å². The van der Waals surface area contributed by atoms with Crippen LogP contribution in [0.2, 0.25) is 0 Å². The molecule has 13 heavy (non-hydrogen) atoms. The molecule has 1 aromatic rings. The van der Waals surface area contributed by atoms with Crippen molar-refractivity contribution in [2.45, 2.75) is 19.8 Å². The van der Waals surface area contributed by atoms with Gasteiger partial charge in [-0.2, -0.15) is 5.06 Å². The summed E-state index contributed by atoms with van der Waals surface area (Å²) in [5.74, 6) is 1.45. The first-order chi connectivity index (χ1) is 6.09. The number of rotatable bonds is 3. The Morgan fingerprint density at radius 2 is 1.92 bits per heavy atom. The Labute approximate surface area is 80.1 Å². The van der Waals surface area contributed by atoms with Gasteiger partial charge in [0.25, 0.3) is 0 Å². The van der Waals surface area contributed by atoms with Gasteiger partial charge in [-0.25, -0.2) is 0 Å². The van der Waals surface area contributed by atoms with E-state index in [0.29, 0.717) is 5.92 Å². The largest absolute Gasteiger partial charge is 0.407 e. The number of benzene rings is 1. The van der Waals surface area contributed by atoms with Crippen LogP contribution in [0.4, 0.5) is 0 Å². The highest BCUT2D eigenvalue weighted by Gasteiger charge is 2.01. The van der Waals surface area contributed by atoms with Gasteiger partial charge < -0.3 is 4.84 Å². The molecule has 0 spiro atoms. The molecular weight excluding hydrogens is 162 g/mol. The normalized spacial score (nSPS) is 10.9. The smallest absolute Gasteiger partial charge is 0.147 e. The van der Waals surface area contributed by atoms with Crippen molar-refractivity contribution in [1.82, 2.24) is 5.06 Å². The van der Waals surface area contributed by atoms with Gasteiger partial charge in [0.15, 0.2) is 0 Å². The molecule has 0 aliphatic carbocycles. The van der Waals surface area contributed by atoms with Crippen molar-refractivity contribution in [3.8, 4) is 5.75 Å². The van der Waals surface area contributed by atoms with Crippen LogP contribution >= 0.6 is 0 Å². The van der Waals surface area contributed by atoms with Crippen LogP contribution in [0.5, 0.6) is 5.75 Å². The van der Waals surface area contributed by atoms with E-state index in [0.717, 1.165) is 5.75 Å². The van der Waals surface area contributed by atoms with Crippen LogP contribution < -0.4 is 4.84 Å². The predicted octanol–water partition coefficient (Wildman–Crippen LogP) is 2.67. The molecule has 0 amide bonds. The van der Waals surface area contributed by atoms with E-state index < -0.39 is 0 Å². The van der Waals surface area contributed by atoms with E-state index >= 15 is 0 Å². The minimum atomic E-state index is 0.547. The minimum Gasteiger partial charge on any atom is -0.407 e. The second-order valence-electron chi connectivity index (χ2n) is 3.63. The molecule has 0 atom stereocenters. The maximum Gasteiger partial charge on any atom is 0.147 e. The minimum absolute atomic E-state index is 0.547. The second kappa shape index (κ2) is 4.28. The van der Waals surface area contributed by atoms with Gasteiger partial charge in [0.1, 0.15) is 5.75 Å². The molecule has 0 unspecified atom stereocenters. The molecule has 1 aromatic carbocycles. The van der Waals surface area contributed by atoms with Crippen molar-refractivity contribution in [2.75, 3.05) is 14.1 Å². The summed E-state index contributed by atoms with van der Waals surface area (Å²) in [5.41, 5.74) is 1.30. The maximum absolute atomic E-state index is 5.44. The highest BCUT2D eigenvalue weighted by Crippen LogP contribution is 2.20. The van der Waals surface area contributed by atoms with Gasteiger partial charge in [0.2, 0.25) is 0 Å². The van der Waals surface area contributed by atoms with E-state index in [9.17, 15) is 0 Å². The monoisotopic (exact) mass is 179 g/mol. The van der Waals surface area contributed by atoms with Crippen LogP contribution in [0.25, 0.3) is 0 Å². The lowest BCUT2D eigenvalue weighted by atomic mass is 10.0. The number of nitrogens with zero attached hydrogens (tertiary/aromatic N) is 1. The van der Waals surface area contributed by atoms with Crippen LogP contribution in [0, 0.1) is 0 Å². The van der Waals surface area contributed by atoms with Crippen LogP contribution in [0.15, 0.2) is 24.3 Å². The van der Waals surface area contributed by atoms with Crippen molar-refractivity contribution >= 4 is 0 Å². The first-order valence-corrected chi connectivity index (χ1v) is 4.55. The maximum atomic E-state index is 5.44. The highest BCUT2D eigenvalue weighted by atomic mass is 16.7. The van der Waals surface area contributed by atoms with Crippen LogP contribution in [0.1, 0.15) is 25.3 Å². The lowest BCUT2D eigenvalue weighted by Gasteiger charge is -2.13. The zero-order chi connectivity index (χ0) is 9.84. The summed E-state index contributed by atoms with van der Waals surface area (Å²) in [5, 5.41) is 1.69. The molecule has 0 bridgehead atoms. The van der Waals surface area contributed by atoms with Crippen molar-refractivity contribution < 1.29 is 4.84 Å². The average molecular weight is 179 g/mol. The molecule has 0 aliphatic rings. The first kappa shape index (κ1) is 10.1. The van der Waals surface area contributed by atoms with E-state index in [-0.39, 0.29) is 0 Å². The third kappa shape index (κ3) is 3.07. The molecule has 0 heterocycles. The zero-order valence-electron chi connectivity index (χ0n) is 8.74. The fourth-order valence-electron chi connectivity index (χ4n) is 1.14. The summed E-state index contributed by atoms with van der Waals surface area (Å²) in [7, 11) is 3.75. The van der Waals surface area contributed by atoms with Gasteiger partial charge >= 0.3 is 0 Å². The summed E-state index contributed by atoms with van der Waals surface area (Å²) in [6.45, 7) is 4.35. The lowest BCUT2D eigenvalue weighted by Crippen LogP contribution is -2.16. The fraction of sp³-hybridized carbons (Fsp3) is 0.455. The van der Waals surface area contributed by atoms with E-state index in [2.05, 4.69) is 26.0 Å². The van der Waals surface area contributed by atoms with Crippen molar-refractivity contribution in [3.05, 3.63) is 29.8 Å². The molecule has 0 N–H and O–H groups in total. The molecule has 2 nitrogen and oxygen atoms in total. The molecule has 0 aliphatic heterocycles. The molecule has 1 rings (SSSR count). The van der Waals surface area contributed by atoms with Gasteiger partial charge in [0.05, 0.1) is 0 Å². The molecule has 72 valence electrons.